The van der Waals surface area contributed by atoms with Crippen LogP contribution in [0.25, 0.3) is 0 Å². The molecule has 0 aliphatic rings. The maximum atomic E-state index is 13.8. The Hall–Kier alpha value is -2.02. The van der Waals surface area contributed by atoms with E-state index < -0.39 is 16.6 Å². The number of amides is 1. The number of hydrogen-bond donors (Lipinski definition) is 0. The van der Waals surface area contributed by atoms with Gasteiger partial charge in [0.2, 0.25) is 0 Å². The minimum Gasteiger partial charge on any atom is -0.339 e. The molecule has 0 aliphatic carbocycles. The van der Waals surface area contributed by atoms with Gasteiger partial charge in [0.25, 0.3) is 11.6 Å². The van der Waals surface area contributed by atoms with Crippen molar-refractivity contribution in [3.8, 4) is 0 Å². The summed E-state index contributed by atoms with van der Waals surface area (Å²) in [4.78, 5) is 25.9. The van der Waals surface area contributed by atoms with Crippen molar-refractivity contribution in [1.29, 1.82) is 0 Å². The fourth-order valence-corrected chi connectivity index (χ4v) is 1.94. The van der Waals surface area contributed by atoms with Crippen molar-refractivity contribution in [3.63, 3.8) is 0 Å². The number of nitro benzene ring substituents is 1. The number of non-ortho nitro benzene ring substituents is 1. The van der Waals surface area contributed by atoms with E-state index >= 15 is 0 Å². The van der Waals surface area contributed by atoms with Crippen LogP contribution in [0.1, 0.15) is 23.7 Å². The highest BCUT2D eigenvalue weighted by atomic mass is 19.1. The van der Waals surface area contributed by atoms with Crippen molar-refractivity contribution in [2.24, 2.45) is 0 Å². The van der Waals surface area contributed by atoms with Gasteiger partial charge in [-0.25, -0.2) is 4.39 Å². The Kier molecular flexibility index (Phi) is 6.23. The number of carbonyl (C=O) groups excluding carboxylic acids is 1. The summed E-state index contributed by atoms with van der Waals surface area (Å²) in [6.45, 7) is 3.51. The first-order chi connectivity index (χ1) is 9.86. The van der Waals surface area contributed by atoms with Gasteiger partial charge in [0, 0.05) is 25.2 Å². The third kappa shape index (κ3) is 4.78. The molecule has 0 N–H and O–H groups in total. The fourth-order valence-electron chi connectivity index (χ4n) is 1.94. The minimum absolute atomic E-state index is 0.254. The zero-order valence-electron chi connectivity index (χ0n) is 12.5. The van der Waals surface area contributed by atoms with E-state index in [4.69, 9.17) is 0 Å². The van der Waals surface area contributed by atoms with Crippen LogP contribution in [0, 0.1) is 15.9 Å². The van der Waals surface area contributed by atoms with Crippen molar-refractivity contribution < 1.29 is 14.1 Å². The molecular weight excluding hydrogens is 277 g/mol. The molecule has 7 heteroatoms. The predicted molar refractivity (Wildman–Crippen MR) is 77.8 cm³/mol. The van der Waals surface area contributed by atoms with Gasteiger partial charge in [-0.1, -0.05) is 0 Å². The Bertz CT molecular complexity index is 520. The molecule has 0 saturated heterocycles. The van der Waals surface area contributed by atoms with E-state index in [1.54, 1.807) is 6.92 Å². The second-order valence-corrected chi connectivity index (χ2v) is 4.96. The molecule has 0 spiro atoms. The summed E-state index contributed by atoms with van der Waals surface area (Å²) in [6, 6.07) is 3.00. The lowest BCUT2D eigenvalue weighted by atomic mass is 10.1. The van der Waals surface area contributed by atoms with Crippen LogP contribution >= 0.6 is 0 Å². The maximum absolute atomic E-state index is 13.8. The average molecular weight is 297 g/mol. The largest absolute Gasteiger partial charge is 0.339 e. The lowest BCUT2D eigenvalue weighted by Crippen LogP contribution is -2.33. The molecule has 1 amide bonds. The first kappa shape index (κ1) is 17.0. The molecule has 1 rings (SSSR count). The Morgan fingerprint density at radius 2 is 2.00 bits per heavy atom. The first-order valence-corrected chi connectivity index (χ1v) is 6.74. The van der Waals surface area contributed by atoms with Gasteiger partial charge >= 0.3 is 0 Å². The van der Waals surface area contributed by atoms with Crippen molar-refractivity contribution in [1.82, 2.24) is 9.80 Å². The summed E-state index contributed by atoms with van der Waals surface area (Å²) >= 11 is 0. The van der Waals surface area contributed by atoms with E-state index in [1.165, 1.54) is 4.90 Å². The molecule has 0 atom stereocenters. The number of hydrogen-bond acceptors (Lipinski definition) is 4. The van der Waals surface area contributed by atoms with E-state index in [9.17, 15) is 19.3 Å². The van der Waals surface area contributed by atoms with Crippen molar-refractivity contribution in [2.75, 3.05) is 33.7 Å². The molecule has 0 saturated carbocycles. The standard InChI is InChI=1S/C14H20FN3O3/c1-4-17(9-5-8-16(2)3)14(19)12-10-11(18(20)21)6-7-13(12)15/h6-7,10H,4-5,8-9H2,1-3H3. The summed E-state index contributed by atoms with van der Waals surface area (Å²) in [5, 5.41) is 10.7. The van der Waals surface area contributed by atoms with Crippen LogP contribution in [-0.4, -0.2) is 54.4 Å². The smallest absolute Gasteiger partial charge is 0.270 e. The van der Waals surface area contributed by atoms with Crippen LogP contribution in [0.2, 0.25) is 0 Å². The molecule has 6 nitrogen and oxygen atoms in total. The zero-order valence-corrected chi connectivity index (χ0v) is 12.5. The maximum Gasteiger partial charge on any atom is 0.270 e. The predicted octanol–water partition coefficient (Wildman–Crippen LogP) is 2.15. The van der Waals surface area contributed by atoms with Crippen LogP contribution in [0.3, 0.4) is 0 Å². The fraction of sp³-hybridized carbons (Fsp3) is 0.500. The highest BCUT2D eigenvalue weighted by Crippen LogP contribution is 2.18. The third-order valence-electron chi connectivity index (χ3n) is 3.09. The number of halogens is 1. The van der Waals surface area contributed by atoms with Gasteiger partial charge in [-0.15, -0.1) is 0 Å². The van der Waals surface area contributed by atoms with Crippen LogP contribution in [0.15, 0.2) is 18.2 Å². The van der Waals surface area contributed by atoms with Gasteiger partial charge in [-0.05, 0) is 40.1 Å². The van der Waals surface area contributed by atoms with Crippen molar-refractivity contribution >= 4 is 11.6 Å². The van der Waals surface area contributed by atoms with E-state index in [1.807, 2.05) is 19.0 Å². The Morgan fingerprint density at radius 1 is 1.33 bits per heavy atom. The molecule has 0 unspecified atom stereocenters. The van der Waals surface area contributed by atoms with Gasteiger partial charge in [-0.2, -0.15) is 0 Å². The third-order valence-corrected chi connectivity index (χ3v) is 3.09. The first-order valence-electron chi connectivity index (χ1n) is 6.74. The van der Waals surface area contributed by atoms with Gasteiger partial charge in [0.1, 0.15) is 5.82 Å². The number of nitrogens with zero attached hydrogens (tertiary/aromatic N) is 3. The Labute approximate surface area is 123 Å². The van der Waals surface area contributed by atoms with Crippen molar-refractivity contribution in [3.05, 3.63) is 39.7 Å². The minimum atomic E-state index is -0.739. The molecule has 0 bridgehead atoms. The van der Waals surface area contributed by atoms with Gasteiger partial charge in [-0.3, -0.25) is 14.9 Å². The van der Waals surface area contributed by atoms with Gasteiger partial charge in [0.05, 0.1) is 10.5 Å². The summed E-state index contributed by atoms with van der Waals surface area (Å²) < 4.78 is 13.8. The highest BCUT2D eigenvalue weighted by molar-refractivity contribution is 5.95. The number of benzene rings is 1. The van der Waals surface area contributed by atoms with E-state index in [0.717, 1.165) is 31.2 Å². The number of carbonyl (C=O) groups is 1. The summed E-state index contributed by atoms with van der Waals surface area (Å²) in [6.07, 6.45) is 0.753. The van der Waals surface area contributed by atoms with Crippen LogP contribution in [0.5, 0.6) is 0 Å². The van der Waals surface area contributed by atoms with E-state index in [-0.39, 0.29) is 11.3 Å². The van der Waals surface area contributed by atoms with Crippen molar-refractivity contribution in [2.45, 2.75) is 13.3 Å². The molecular formula is C14H20FN3O3. The lowest BCUT2D eigenvalue weighted by Gasteiger charge is -2.22. The normalized spacial score (nSPS) is 10.7. The number of rotatable bonds is 7. The monoisotopic (exact) mass is 297 g/mol. The van der Waals surface area contributed by atoms with Crippen LogP contribution in [-0.2, 0) is 0 Å². The van der Waals surface area contributed by atoms with Gasteiger partial charge in [0.15, 0.2) is 0 Å². The summed E-state index contributed by atoms with van der Waals surface area (Å²) in [7, 11) is 3.86. The Balaban J connectivity index is 2.89. The number of nitro groups is 1. The average Bonchev–Trinajstić information content (AvgIpc) is 2.43. The second kappa shape index (κ2) is 7.68. The molecule has 21 heavy (non-hydrogen) atoms. The molecule has 0 aliphatic heterocycles. The van der Waals surface area contributed by atoms with Crippen LogP contribution < -0.4 is 0 Å². The summed E-state index contributed by atoms with van der Waals surface area (Å²) in [5.74, 6) is -1.26. The molecule has 1 aromatic rings. The molecule has 116 valence electrons. The highest BCUT2D eigenvalue weighted by Gasteiger charge is 2.21. The quantitative estimate of drug-likeness (QED) is 0.571. The SMILES string of the molecule is CCN(CCCN(C)C)C(=O)c1cc([N+](=O)[O-])ccc1F. The zero-order chi connectivity index (χ0) is 16.0. The molecule has 0 radical (unpaired) electrons. The molecule has 0 heterocycles. The van der Waals surface area contributed by atoms with Gasteiger partial charge < -0.3 is 9.80 Å². The van der Waals surface area contributed by atoms with E-state index in [2.05, 4.69) is 0 Å². The lowest BCUT2D eigenvalue weighted by molar-refractivity contribution is -0.384. The topological polar surface area (TPSA) is 66.7 Å². The second-order valence-electron chi connectivity index (χ2n) is 4.96. The Morgan fingerprint density at radius 3 is 2.52 bits per heavy atom. The summed E-state index contributed by atoms with van der Waals surface area (Å²) in [5.41, 5.74) is -0.542. The molecule has 0 fully saturated rings. The molecule has 0 aromatic heterocycles. The molecule has 1 aromatic carbocycles. The van der Waals surface area contributed by atoms with Crippen LogP contribution in [0.4, 0.5) is 10.1 Å². The van der Waals surface area contributed by atoms with E-state index in [0.29, 0.717) is 13.1 Å².